The number of rotatable bonds is 5. The Kier molecular flexibility index (Phi) is 4.63. The van der Waals surface area contributed by atoms with Gasteiger partial charge in [0.05, 0.1) is 17.8 Å². The van der Waals surface area contributed by atoms with Gasteiger partial charge in [-0.3, -0.25) is 0 Å². The summed E-state index contributed by atoms with van der Waals surface area (Å²) in [5, 5.41) is 3.88. The third-order valence-corrected chi connectivity index (χ3v) is 3.06. The summed E-state index contributed by atoms with van der Waals surface area (Å²) in [6, 6.07) is 11.6. The summed E-state index contributed by atoms with van der Waals surface area (Å²) in [5.41, 5.74) is 1.89. The second-order valence-electron chi connectivity index (χ2n) is 4.18. The number of hydrogen-bond acceptors (Lipinski definition) is 3. The zero-order valence-electron chi connectivity index (χ0n) is 11.1. The topological polar surface area (TPSA) is 34.1 Å². The van der Waals surface area contributed by atoms with Crippen LogP contribution in [0.1, 0.15) is 13.3 Å². The molecule has 0 aliphatic carbocycles. The van der Waals surface area contributed by atoms with Crippen molar-refractivity contribution in [2.24, 2.45) is 0 Å². The van der Waals surface area contributed by atoms with Crippen LogP contribution in [0.25, 0.3) is 11.3 Å². The summed E-state index contributed by atoms with van der Waals surface area (Å²) in [6.45, 7) is 3.04. The maximum absolute atomic E-state index is 6.03. The minimum atomic E-state index is 0.603. The molecule has 19 heavy (non-hydrogen) atoms. The van der Waals surface area contributed by atoms with Crippen LogP contribution in [0.15, 0.2) is 36.4 Å². The lowest BCUT2D eigenvalue weighted by molar-refractivity contribution is 0.415. The number of aromatic nitrogens is 1. The summed E-state index contributed by atoms with van der Waals surface area (Å²) >= 11 is 6.03. The molecule has 0 spiro atoms. The highest BCUT2D eigenvalue weighted by Crippen LogP contribution is 2.29. The summed E-state index contributed by atoms with van der Waals surface area (Å²) in [5.74, 6) is 1.54. The summed E-state index contributed by atoms with van der Waals surface area (Å²) < 4.78 is 5.23. The Hall–Kier alpha value is -1.74. The van der Waals surface area contributed by atoms with E-state index in [2.05, 4.69) is 17.2 Å². The number of nitrogens with one attached hydrogen (secondary N) is 1. The molecule has 1 heterocycles. The largest absolute Gasteiger partial charge is 0.495 e. The zero-order chi connectivity index (χ0) is 13.7. The van der Waals surface area contributed by atoms with E-state index in [4.69, 9.17) is 16.3 Å². The minimum absolute atomic E-state index is 0.603. The molecule has 2 rings (SSSR count). The van der Waals surface area contributed by atoms with Gasteiger partial charge in [0, 0.05) is 12.1 Å². The molecule has 0 atom stereocenters. The molecule has 0 unspecified atom stereocenters. The Morgan fingerprint density at radius 1 is 1.26 bits per heavy atom. The van der Waals surface area contributed by atoms with Crippen molar-refractivity contribution < 1.29 is 4.74 Å². The van der Waals surface area contributed by atoms with Gasteiger partial charge in [-0.05, 0) is 30.7 Å². The first kappa shape index (κ1) is 13.7. The van der Waals surface area contributed by atoms with Gasteiger partial charge >= 0.3 is 0 Å². The molecule has 2 aromatic rings. The molecule has 0 saturated heterocycles. The van der Waals surface area contributed by atoms with E-state index in [1.54, 1.807) is 7.11 Å². The Balaban J connectivity index is 2.30. The smallest absolute Gasteiger partial charge is 0.138 e. The predicted molar refractivity (Wildman–Crippen MR) is 80.0 cm³/mol. The van der Waals surface area contributed by atoms with E-state index in [1.807, 2.05) is 36.4 Å². The third-order valence-electron chi connectivity index (χ3n) is 2.75. The first-order valence-corrected chi connectivity index (χ1v) is 6.67. The van der Waals surface area contributed by atoms with Crippen LogP contribution in [0, 0.1) is 0 Å². The van der Waals surface area contributed by atoms with Gasteiger partial charge in [-0.15, -0.1) is 0 Å². The van der Waals surface area contributed by atoms with Crippen molar-refractivity contribution in [1.82, 2.24) is 4.98 Å². The molecule has 0 radical (unpaired) electrons. The highest BCUT2D eigenvalue weighted by Gasteiger charge is 2.05. The number of methoxy groups -OCH3 is 1. The van der Waals surface area contributed by atoms with Crippen LogP contribution in [0.3, 0.4) is 0 Å². The van der Waals surface area contributed by atoms with Gasteiger partial charge in [-0.1, -0.05) is 30.7 Å². The van der Waals surface area contributed by atoms with Gasteiger partial charge in [-0.2, -0.15) is 0 Å². The van der Waals surface area contributed by atoms with Crippen LogP contribution < -0.4 is 10.1 Å². The average Bonchev–Trinajstić information content (AvgIpc) is 2.46. The number of nitrogens with zero attached hydrogens (tertiary/aromatic N) is 1. The molecule has 1 aromatic heterocycles. The molecule has 100 valence electrons. The first-order valence-electron chi connectivity index (χ1n) is 6.29. The van der Waals surface area contributed by atoms with Crippen molar-refractivity contribution in [2.45, 2.75) is 13.3 Å². The minimum Gasteiger partial charge on any atom is -0.495 e. The van der Waals surface area contributed by atoms with Crippen LogP contribution in [-0.4, -0.2) is 18.6 Å². The van der Waals surface area contributed by atoms with Gasteiger partial charge in [0.25, 0.3) is 0 Å². The number of halogens is 1. The Bertz CT molecular complexity index is 558. The zero-order valence-corrected chi connectivity index (χ0v) is 11.9. The average molecular weight is 277 g/mol. The number of anilines is 1. The number of hydrogen-bond donors (Lipinski definition) is 1. The van der Waals surface area contributed by atoms with Crippen molar-refractivity contribution in [3.63, 3.8) is 0 Å². The van der Waals surface area contributed by atoms with E-state index < -0.39 is 0 Å². The molecule has 1 N–H and O–H groups in total. The van der Waals surface area contributed by atoms with Crippen molar-refractivity contribution in [1.29, 1.82) is 0 Å². The fraction of sp³-hybridized carbons (Fsp3) is 0.267. The molecule has 0 bridgehead atoms. The lowest BCUT2D eigenvalue weighted by Crippen LogP contribution is -2.02. The number of ether oxygens (including phenoxy) is 1. The predicted octanol–water partition coefficient (Wildman–Crippen LogP) is 4.23. The van der Waals surface area contributed by atoms with E-state index in [-0.39, 0.29) is 0 Å². The molecule has 0 aliphatic rings. The first-order chi connectivity index (χ1) is 9.24. The molecule has 0 fully saturated rings. The lowest BCUT2D eigenvalue weighted by Gasteiger charge is -2.08. The van der Waals surface area contributed by atoms with Gasteiger partial charge < -0.3 is 10.1 Å². The molecule has 1 aromatic carbocycles. The fourth-order valence-electron chi connectivity index (χ4n) is 1.77. The third kappa shape index (κ3) is 3.38. The van der Waals surface area contributed by atoms with E-state index in [1.165, 1.54) is 0 Å². The summed E-state index contributed by atoms with van der Waals surface area (Å²) in [7, 11) is 1.61. The Morgan fingerprint density at radius 3 is 2.84 bits per heavy atom. The van der Waals surface area contributed by atoms with Crippen LogP contribution in [0.2, 0.25) is 5.02 Å². The number of benzene rings is 1. The molecular formula is C15H17ClN2O. The molecule has 0 saturated carbocycles. The standard InChI is InChI=1S/C15H17ClN2O/c1-3-9-17-15-6-4-5-13(18-15)11-7-8-12(16)14(10-11)19-2/h4-8,10H,3,9H2,1-2H3,(H,17,18). The maximum Gasteiger partial charge on any atom is 0.138 e. The van der Waals surface area contributed by atoms with E-state index >= 15 is 0 Å². The SMILES string of the molecule is CCCNc1cccc(-c2ccc(Cl)c(OC)c2)n1. The Labute approximate surface area is 118 Å². The molecule has 3 nitrogen and oxygen atoms in total. The van der Waals surface area contributed by atoms with Crippen LogP contribution >= 0.6 is 11.6 Å². The van der Waals surface area contributed by atoms with Crippen molar-refractivity contribution in [3.8, 4) is 17.0 Å². The second-order valence-corrected chi connectivity index (χ2v) is 4.59. The van der Waals surface area contributed by atoms with E-state index in [9.17, 15) is 0 Å². The van der Waals surface area contributed by atoms with E-state index in [0.29, 0.717) is 10.8 Å². The molecule has 0 aliphatic heterocycles. The van der Waals surface area contributed by atoms with Gasteiger partial charge in [-0.25, -0.2) is 4.98 Å². The summed E-state index contributed by atoms with van der Waals surface area (Å²) in [4.78, 5) is 4.58. The quantitative estimate of drug-likeness (QED) is 0.887. The normalized spacial score (nSPS) is 10.3. The van der Waals surface area contributed by atoms with Crippen LogP contribution in [0.5, 0.6) is 5.75 Å². The number of pyridine rings is 1. The molecule has 4 heteroatoms. The van der Waals surface area contributed by atoms with Gasteiger partial charge in [0.15, 0.2) is 0 Å². The lowest BCUT2D eigenvalue weighted by atomic mass is 10.1. The van der Waals surface area contributed by atoms with Crippen molar-refractivity contribution in [2.75, 3.05) is 19.0 Å². The monoisotopic (exact) mass is 276 g/mol. The van der Waals surface area contributed by atoms with Crippen LogP contribution in [-0.2, 0) is 0 Å². The van der Waals surface area contributed by atoms with Crippen molar-refractivity contribution in [3.05, 3.63) is 41.4 Å². The van der Waals surface area contributed by atoms with Gasteiger partial charge in [0.1, 0.15) is 11.6 Å². The highest BCUT2D eigenvalue weighted by atomic mass is 35.5. The summed E-state index contributed by atoms with van der Waals surface area (Å²) in [6.07, 6.45) is 1.07. The van der Waals surface area contributed by atoms with Crippen molar-refractivity contribution >= 4 is 17.4 Å². The molecular weight excluding hydrogens is 260 g/mol. The fourth-order valence-corrected chi connectivity index (χ4v) is 1.96. The second kappa shape index (κ2) is 6.43. The van der Waals surface area contributed by atoms with Crippen LogP contribution in [0.4, 0.5) is 5.82 Å². The van der Waals surface area contributed by atoms with Gasteiger partial charge in [0.2, 0.25) is 0 Å². The molecule has 0 amide bonds. The Morgan fingerprint density at radius 2 is 2.11 bits per heavy atom. The maximum atomic E-state index is 6.03. The highest BCUT2D eigenvalue weighted by molar-refractivity contribution is 6.32. The van der Waals surface area contributed by atoms with E-state index in [0.717, 1.165) is 30.0 Å².